The highest BCUT2D eigenvalue weighted by Gasteiger charge is 2.04. The monoisotopic (exact) mass is 275 g/mol. The van der Waals surface area contributed by atoms with Crippen LogP contribution in [-0.2, 0) is 6.42 Å². The van der Waals surface area contributed by atoms with Gasteiger partial charge in [-0.05, 0) is 42.7 Å². The smallest absolute Gasteiger partial charge is 0.119 e. The summed E-state index contributed by atoms with van der Waals surface area (Å²) in [5.41, 5.74) is 7.30. The molecule has 0 aliphatic carbocycles. The van der Waals surface area contributed by atoms with Crippen molar-refractivity contribution in [3.8, 4) is 5.75 Å². The van der Waals surface area contributed by atoms with Crippen molar-refractivity contribution >= 4 is 11.6 Å². The van der Waals surface area contributed by atoms with E-state index in [-0.39, 0.29) is 6.04 Å². The lowest BCUT2D eigenvalue weighted by molar-refractivity contribution is 0.297. The molecule has 0 bridgehead atoms. The van der Waals surface area contributed by atoms with Crippen molar-refractivity contribution in [3.05, 3.63) is 65.2 Å². The zero-order chi connectivity index (χ0) is 13.5. The topological polar surface area (TPSA) is 35.2 Å². The quantitative estimate of drug-likeness (QED) is 0.873. The van der Waals surface area contributed by atoms with Crippen LogP contribution in [-0.4, -0.2) is 12.6 Å². The van der Waals surface area contributed by atoms with Gasteiger partial charge in [0.1, 0.15) is 5.75 Å². The van der Waals surface area contributed by atoms with Crippen molar-refractivity contribution in [1.29, 1.82) is 0 Å². The normalized spacial score (nSPS) is 12.1. The van der Waals surface area contributed by atoms with Gasteiger partial charge in [-0.1, -0.05) is 41.9 Å². The molecule has 1 atom stereocenters. The van der Waals surface area contributed by atoms with Crippen molar-refractivity contribution in [2.45, 2.75) is 18.9 Å². The van der Waals surface area contributed by atoms with E-state index in [1.54, 1.807) is 0 Å². The Morgan fingerprint density at radius 1 is 1.00 bits per heavy atom. The molecule has 0 saturated heterocycles. The third kappa shape index (κ3) is 4.93. The molecule has 2 aromatic rings. The van der Waals surface area contributed by atoms with Gasteiger partial charge in [0, 0.05) is 11.1 Å². The number of para-hydroxylation sites is 1. The molecule has 0 saturated carbocycles. The van der Waals surface area contributed by atoms with Crippen molar-refractivity contribution in [2.24, 2.45) is 5.73 Å². The molecule has 0 amide bonds. The number of benzene rings is 2. The first-order valence-electron chi connectivity index (χ1n) is 6.42. The van der Waals surface area contributed by atoms with Gasteiger partial charge in [-0.2, -0.15) is 0 Å². The Labute approximate surface area is 119 Å². The van der Waals surface area contributed by atoms with E-state index in [2.05, 4.69) is 0 Å². The van der Waals surface area contributed by atoms with Crippen LogP contribution in [0.5, 0.6) is 5.75 Å². The average Bonchev–Trinajstić information content (AvgIpc) is 2.43. The minimum atomic E-state index is 0.102. The summed E-state index contributed by atoms with van der Waals surface area (Å²) in [5, 5.41) is 0.754. The summed E-state index contributed by atoms with van der Waals surface area (Å²) in [6, 6.07) is 17.7. The summed E-state index contributed by atoms with van der Waals surface area (Å²) in [4.78, 5) is 0. The minimum absolute atomic E-state index is 0.102. The highest BCUT2D eigenvalue weighted by atomic mass is 35.5. The van der Waals surface area contributed by atoms with Gasteiger partial charge in [0.05, 0.1) is 6.61 Å². The molecule has 100 valence electrons. The molecule has 3 heteroatoms. The second-order valence-corrected chi connectivity index (χ2v) is 4.98. The Hall–Kier alpha value is -1.51. The van der Waals surface area contributed by atoms with Gasteiger partial charge < -0.3 is 10.5 Å². The lowest BCUT2D eigenvalue weighted by Gasteiger charge is -2.12. The van der Waals surface area contributed by atoms with Crippen LogP contribution in [0.25, 0.3) is 0 Å². The summed E-state index contributed by atoms with van der Waals surface area (Å²) in [6.45, 7) is 0.638. The minimum Gasteiger partial charge on any atom is -0.494 e. The molecule has 2 nitrogen and oxygen atoms in total. The van der Waals surface area contributed by atoms with E-state index in [0.29, 0.717) is 6.61 Å². The molecule has 2 rings (SSSR count). The van der Waals surface area contributed by atoms with E-state index in [0.717, 1.165) is 23.6 Å². The predicted octanol–water partition coefficient (Wildman–Crippen LogP) is 3.68. The lowest BCUT2D eigenvalue weighted by Crippen LogP contribution is -2.25. The molecular formula is C16H18ClNO. The average molecular weight is 276 g/mol. The first-order chi connectivity index (χ1) is 9.24. The maximum Gasteiger partial charge on any atom is 0.119 e. The van der Waals surface area contributed by atoms with Gasteiger partial charge in [0.2, 0.25) is 0 Å². The van der Waals surface area contributed by atoms with Crippen molar-refractivity contribution < 1.29 is 4.74 Å². The van der Waals surface area contributed by atoms with Crippen LogP contribution in [0.1, 0.15) is 12.0 Å². The number of hydrogen-bond donors (Lipinski definition) is 1. The first kappa shape index (κ1) is 13.9. The van der Waals surface area contributed by atoms with Gasteiger partial charge in [-0.3, -0.25) is 0 Å². The Morgan fingerprint density at radius 3 is 2.37 bits per heavy atom. The van der Waals surface area contributed by atoms with Gasteiger partial charge in [-0.15, -0.1) is 0 Å². The van der Waals surface area contributed by atoms with E-state index in [4.69, 9.17) is 22.1 Å². The SMILES string of the molecule is NC(CCOc1ccccc1)Cc1ccc(Cl)cc1. The molecule has 19 heavy (non-hydrogen) atoms. The number of rotatable bonds is 6. The summed E-state index contributed by atoms with van der Waals surface area (Å²) < 4.78 is 5.63. The van der Waals surface area contributed by atoms with E-state index < -0.39 is 0 Å². The highest BCUT2D eigenvalue weighted by Crippen LogP contribution is 2.12. The van der Waals surface area contributed by atoms with Gasteiger partial charge >= 0.3 is 0 Å². The molecule has 2 aromatic carbocycles. The lowest BCUT2D eigenvalue weighted by atomic mass is 10.0. The standard InChI is InChI=1S/C16H18ClNO/c17-14-8-6-13(7-9-14)12-15(18)10-11-19-16-4-2-1-3-5-16/h1-9,15H,10-12,18H2. The zero-order valence-corrected chi connectivity index (χ0v) is 11.5. The van der Waals surface area contributed by atoms with E-state index in [1.165, 1.54) is 5.56 Å². The van der Waals surface area contributed by atoms with Crippen LogP contribution in [0.4, 0.5) is 0 Å². The molecule has 0 fully saturated rings. The van der Waals surface area contributed by atoms with E-state index >= 15 is 0 Å². The van der Waals surface area contributed by atoms with Crippen LogP contribution in [0.15, 0.2) is 54.6 Å². The molecule has 1 unspecified atom stereocenters. The van der Waals surface area contributed by atoms with Crippen LogP contribution < -0.4 is 10.5 Å². The molecule has 0 spiro atoms. The molecule has 0 aromatic heterocycles. The van der Waals surface area contributed by atoms with Crippen LogP contribution in [0, 0.1) is 0 Å². The third-order valence-electron chi connectivity index (χ3n) is 2.91. The fourth-order valence-electron chi connectivity index (χ4n) is 1.87. The Bertz CT molecular complexity index is 484. The van der Waals surface area contributed by atoms with Crippen LogP contribution in [0.2, 0.25) is 5.02 Å². The summed E-state index contributed by atoms with van der Waals surface area (Å²) in [7, 11) is 0. The van der Waals surface area contributed by atoms with Gasteiger partial charge in [0.15, 0.2) is 0 Å². The molecule has 0 heterocycles. The molecule has 0 aliphatic rings. The number of ether oxygens (including phenoxy) is 1. The maximum absolute atomic E-state index is 6.09. The van der Waals surface area contributed by atoms with Crippen LogP contribution >= 0.6 is 11.6 Å². The largest absolute Gasteiger partial charge is 0.494 e. The van der Waals surface area contributed by atoms with E-state index in [9.17, 15) is 0 Å². The fraction of sp³-hybridized carbons (Fsp3) is 0.250. The predicted molar refractivity (Wildman–Crippen MR) is 79.7 cm³/mol. The molecule has 0 aliphatic heterocycles. The molecule has 2 N–H and O–H groups in total. The van der Waals surface area contributed by atoms with Gasteiger partial charge in [-0.25, -0.2) is 0 Å². The number of halogens is 1. The second-order valence-electron chi connectivity index (χ2n) is 4.54. The third-order valence-corrected chi connectivity index (χ3v) is 3.16. The Morgan fingerprint density at radius 2 is 1.68 bits per heavy atom. The van der Waals surface area contributed by atoms with Gasteiger partial charge in [0.25, 0.3) is 0 Å². The Kier molecular flexibility index (Phi) is 5.25. The van der Waals surface area contributed by atoms with E-state index in [1.807, 2.05) is 54.6 Å². The fourth-order valence-corrected chi connectivity index (χ4v) is 2.00. The first-order valence-corrected chi connectivity index (χ1v) is 6.80. The number of nitrogens with two attached hydrogens (primary N) is 1. The second kappa shape index (κ2) is 7.17. The molecule has 0 radical (unpaired) electrons. The van der Waals surface area contributed by atoms with Crippen LogP contribution in [0.3, 0.4) is 0 Å². The Balaban J connectivity index is 1.73. The number of hydrogen-bond acceptors (Lipinski definition) is 2. The summed E-state index contributed by atoms with van der Waals surface area (Å²) in [6.07, 6.45) is 1.67. The summed E-state index contributed by atoms with van der Waals surface area (Å²) >= 11 is 5.85. The summed E-state index contributed by atoms with van der Waals surface area (Å²) in [5.74, 6) is 0.890. The van der Waals surface area contributed by atoms with Crippen molar-refractivity contribution in [1.82, 2.24) is 0 Å². The molecular weight excluding hydrogens is 258 g/mol. The zero-order valence-electron chi connectivity index (χ0n) is 10.8. The maximum atomic E-state index is 6.09. The van der Waals surface area contributed by atoms with Crippen molar-refractivity contribution in [2.75, 3.05) is 6.61 Å². The van der Waals surface area contributed by atoms with Crippen molar-refractivity contribution in [3.63, 3.8) is 0 Å². The highest BCUT2D eigenvalue weighted by molar-refractivity contribution is 6.30.